The molecule has 2 N–H and O–H groups in total. The highest BCUT2D eigenvalue weighted by molar-refractivity contribution is 5.92. The van der Waals surface area contributed by atoms with E-state index in [4.69, 9.17) is 5.11 Å². The molecule has 96 valence electrons. The van der Waals surface area contributed by atoms with Crippen LogP contribution in [-0.4, -0.2) is 33.4 Å². The maximum atomic E-state index is 12.0. The van der Waals surface area contributed by atoms with E-state index in [-0.39, 0.29) is 30.5 Å². The quantitative estimate of drug-likeness (QED) is 0.811. The van der Waals surface area contributed by atoms with Gasteiger partial charge in [-0.2, -0.15) is 5.10 Å². The van der Waals surface area contributed by atoms with Crippen LogP contribution in [0, 0.1) is 5.92 Å². The summed E-state index contributed by atoms with van der Waals surface area (Å²) < 4.78 is 1.69. The van der Waals surface area contributed by atoms with Gasteiger partial charge in [0.25, 0.3) is 5.91 Å². The van der Waals surface area contributed by atoms with Gasteiger partial charge in [0.1, 0.15) is 5.69 Å². The Hall–Kier alpha value is -1.36. The molecule has 0 spiro atoms. The third-order valence-electron chi connectivity index (χ3n) is 2.89. The number of nitrogens with one attached hydrogen (secondary N) is 1. The van der Waals surface area contributed by atoms with Crippen molar-refractivity contribution >= 4 is 5.91 Å². The molecule has 1 heterocycles. The Balaban J connectivity index is 2.73. The highest BCUT2D eigenvalue weighted by atomic mass is 16.3. The SMILES string of the molecule is CC(CO)C(C)NC(=O)c1ccnn1C(C)C. The smallest absolute Gasteiger partial charge is 0.269 e. The van der Waals surface area contributed by atoms with E-state index in [0.29, 0.717) is 5.69 Å². The van der Waals surface area contributed by atoms with Gasteiger partial charge >= 0.3 is 0 Å². The highest BCUT2D eigenvalue weighted by Crippen LogP contribution is 2.09. The Morgan fingerprint density at radius 2 is 2.12 bits per heavy atom. The molecule has 0 saturated heterocycles. The lowest BCUT2D eigenvalue weighted by Gasteiger charge is -2.20. The molecule has 1 amide bonds. The first-order valence-electron chi connectivity index (χ1n) is 5.92. The van der Waals surface area contributed by atoms with E-state index in [2.05, 4.69) is 10.4 Å². The van der Waals surface area contributed by atoms with Crippen LogP contribution >= 0.6 is 0 Å². The van der Waals surface area contributed by atoms with Crippen molar-refractivity contribution in [3.05, 3.63) is 18.0 Å². The maximum Gasteiger partial charge on any atom is 0.269 e. The predicted molar refractivity (Wildman–Crippen MR) is 65.8 cm³/mol. The second kappa shape index (κ2) is 5.82. The molecule has 1 aromatic heterocycles. The van der Waals surface area contributed by atoms with Gasteiger partial charge in [-0.25, -0.2) is 0 Å². The average Bonchev–Trinajstić information content (AvgIpc) is 2.76. The summed E-state index contributed by atoms with van der Waals surface area (Å²) in [6.45, 7) is 7.79. The second-order valence-electron chi connectivity index (χ2n) is 4.68. The molecule has 0 aliphatic carbocycles. The molecule has 0 radical (unpaired) electrons. The number of aromatic nitrogens is 2. The molecule has 0 saturated carbocycles. The number of aliphatic hydroxyl groups excluding tert-OH is 1. The molecule has 5 nitrogen and oxygen atoms in total. The number of carbonyl (C=O) groups excluding carboxylic acids is 1. The van der Waals surface area contributed by atoms with Crippen molar-refractivity contribution in [3.63, 3.8) is 0 Å². The van der Waals surface area contributed by atoms with Crippen LogP contribution in [0.1, 0.15) is 44.2 Å². The van der Waals surface area contributed by atoms with Crippen molar-refractivity contribution in [1.29, 1.82) is 0 Å². The zero-order valence-electron chi connectivity index (χ0n) is 10.8. The topological polar surface area (TPSA) is 67.2 Å². The van der Waals surface area contributed by atoms with Gasteiger partial charge < -0.3 is 10.4 Å². The van der Waals surface area contributed by atoms with Crippen molar-refractivity contribution in [2.24, 2.45) is 5.92 Å². The Morgan fingerprint density at radius 3 is 2.65 bits per heavy atom. The molecule has 17 heavy (non-hydrogen) atoms. The molecule has 1 rings (SSSR count). The fraction of sp³-hybridized carbons (Fsp3) is 0.667. The first kappa shape index (κ1) is 13.7. The summed E-state index contributed by atoms with van der Waals surface area (Å²) in [4.78, 5) is 12.0. The molecule has 5 heteroatoms. The van der Waals surface area contributed by atoms with Crippen LogP contribution in [-0.2, 0) is 0 Å². The number of rotatable bonds is 5. The molecule has 2 atom stereocenters. The van der Waals surface area contributed by atoms with Gasteiger partial charge in [-0.3, -0.25) is 9.48 Å². The first-order chi connectivity index (χ1) is 7.97. The molecular weight excluding hydrogens is 218 g/mol. The minimum Gasteiger partial charge on any atom is -0.396 e. The summed E-state index contributed by atoms with van der Waals surface area (Å²) in [6, 6.07) is 1.78. The number of amides is 1. The van der Waals surface area contributed by atoms with Crippen molar-refractivity contribution in [1.82, 2.24) is 15.1 Å². The van der Waals surface area contributed by atoms with Crippen LogP contribution in [0.2, 0.25) is 0 Å². The van der Waals surface area contributed by atoms with Crippen LogP contribution in [0.4, 0.5) is 0 Å². The van der Waals surface area contributed by atoms with Crippen LogP contribution in [0.25, 0.3) is 0 Å². The van der Waals surface area contributed by atoms with E-state index < -0.39 is 0 Å². The van der Waals surface area contributed by atoms with Gasteiger partial charge in [0.05, 0.1) is 0 Å². The Morgan fingerprint density at radius 1 is 1.47 bits per heavy atom. The number of aliphatic hydroxyl groups is 1. The van der Waals surface area contributed by atoms with Gasteiger partial charge in [-0.1, -0.05) is 6.92 Å². The lowest BCUT2D eigenvalue weighted by Crippen LogP contribution is -2.39. The van der Waals surface area contributed by atoms with E-state index in [1.807, 2.05) is 27.7 Å². The van der Waals surface area contributed by atoms with Crippen molar-refractivity contribution in [2.75, 3.05) is 6.61 Å². The standard InChI is InChI=1S/C12H21N3O2/c1-8(2)15-11(5-6-13-15)12(17)14-10(4)9(3)7-16/h5-6,8-10,16H,7H2,1-4H3,(H,14,17). The van der Waals surface area contributed by atoms with E-state index in [1.165, 1.54) is 0 Å². The Bertz CT molecular complexity index is 374. The summed E-state index contributed by atoms with van der Waals surface area (Å²) in [5.41, 5.74) is 0.553. The Labute approximate surface area is 102 Å². The summed E-state index contributed by atoms with van der Waals surface area (Å²) >= 11 is 0. The summed E-state index contributed by atoms with van der Waals surface area (Å²) in [5, 5.41) is 16.0. The largest absolute Gasteiger partial charge is 0.396 e. The molecule has 1 aromatic rings. The molecule has 0 aliphatic heterocycles. The van der Waals surface area contributed by atoms with Gasteiger partial charge in [0.15, 0.2) is 0 Å². The third kappa shape index (κ3) is 3.30. The molecule has 0 bridgehead atoms. The molecular formula is C12H21N3O2. The van der Waals surface area contributed by atoms with Gasteiger partial charge in [0.2, 0.25) is 0 Å². The molecule has 0 aromatic carbocycles. The van der Waals surface area contributed by atoms with Crippen molar-refractivity contribution in [3.8, 4) is 0 Å². The van der Waals surface area contributed by atoms with Gasteiger partial charge in [0, 0.05) is 24.9 Å². The summed E-state index contributed by atoms with van der Waals surface area (Å²) in [7, 11) is 0. The number of nitrogens with zero attached hydrogens (tertiary/aromatic N) is 2. The first-order valence-corrected chi connectivity index (χ1v) is 5.92. The summed E-state index contributed by atoms with van der Waals surface area (Å²) in [5.74, 6) is -0.113. The van der Waals surface area contributed by atoms with E-state index >= 15 is 0 Å². The normalized spacial score (nSPS) is 14.7. The minimum atomic E-state index is -0.149. The van der Waals surface area contributed by atoms with Crippen LogP contribution in [0.3, 0.4) is 0 Å². The fourth-order valence-corrected chi connectivity index (χ4v) is 1.49. The number of carbonyl (C=O) groups is 1. The zero-order valence-corrected chi connectivity index (χ0v) is 10.8. The number of hydrogen-bond acceptors (Lipinski definition) is 3. The van der Waals surface area contributed by atoms with Crippen LogP contribution < -0.4 is 5.32 Å². The minimum absolute atomic E-state index is 0.0365. The summed E-state index contributed by atoms with van der Waals surface area (Å²) in [6.07, 6.45) is 1.62. The van der Waals surface area contributed by atoms with Crippen molar-refractivity contribution < 1.29 is 9.90 Å². The van der Waals surface area contributed by atoms with Crippen molar-refractivity contribution in [2.45, 2.75) is 39.8 Å². The molecule has 0 fully saturated rings. The monoisotopic (exact) mass is 239 g/mol. The zero-order chi connectivity index (χ0) is 13.0. The van der Waals surface area contributed by atoms with Gasteiger partial charge in [-0.05, 0) is 32.8 Å². The molecule has 0 aliphatic rings. The van der Waals surface area contributed by atoms with E-state index in [9.17, 15) is 4.79 Å². The van der Waals surface area contributed by atoms with E-state index in [1.54, 1.807) is 16.9 Å². The predicted octanol–water partition coefficient (Wildman–Crippen LogP) is 1.21. The third-order valence-corrected chi connectivity index (χ3v) is 2.89. The average molecular weight is 239 g/mol. The van der Waals surface area contributed by atoms with Crippen LogP contribution in [0.15, 0.2) is 12.3 Å². The highest BCUT2D eigenvalue weighted by Gasteiger charge is 2.18. The maximum absolute atomic E-state index is 12.0. The Kier molecular flexibility index (Phi) is 4.69. The van der Waals surface area contributed by atoms with E-state index in [0.717, 1.165) is 0 Å². The second-order valence-corrected chi connectivity index (χ2v) is 4.68. The van der Waals surface area contributed by atoms with Crippen LogP contribution in [0.5, 0.6) is 0 Å². The van der Waals surface area contributed by atoms with Gasteiger partial charge in [-0.15, -0.1) is 0 Å². The molecule has 2 unspecified atom stereocenters. The lowest BCUT2D eigenvalue weighted by atomic mass is 10.1. The fourth-order valence-electron chi connectivity index (χ4n) is 1.49. The number of hydrogen-bond donors (Lipinski definition) is 2. The lowest BCUT2D eigenvalue weighted by molar-refractivity contribution is 0.0903.